The van der Waals surface area contributed by atoms with Crippen molar-refractivity contribution < 1.29 is 33.5 Å². The third-order valence-corrected chi connectivity index (χ3v) is 5.98. The van der Waals surface area contributed by atoms with Gasteiger partial charge in [0.15, 0.2) is 18.7 Å². The topological polar surface area (TPSA) is 139 Å². The number of likely N-dealkylation sites (N-methyl/N-ethyl adjacent to an activating group) is 1. The van der Waals surface area contributed by atoms with E-state index in [1.54, 1.807) is 0 Å². The summed E-state index contributed by atoms with van der Waals surface area (Å²) in [5.41, 5.74) is 0.0148. The average molecular weight is 532 g/mol. The van der Waals surface area contributed by atoms with Crippen molar-refractivity contribution in [3.63, 3.8) is 0 Å². The van der Waals surface area contributed by atoms with Crippen molar-refractivity contribution >= 4 is 35.6 Å². The van der Waals surface area contributed by atoms with Gasteiger partial charge in [0.05, 0.1) is 17.2 Å². The van der Waals surface area contributed by atoms with Crippen LogP contribution in [0.5, 0.6) is 5.75 Å². The maximum absolute atomic E-state index is 13.2. The number of ketones is 2. The van der Waals surface area contributed by atoms with Gasteiger partial charge in [-0.2, -0.15) is 0 Å². The predicted octanol–water partition coefficient (Wildman–Crippen LogP) is 2.87. The number of Topliss-reactive ketones (excluding diaryl/α,β-unsaturated/α-hetero) is 2. The number of aldehydes is 1. The summed E-state index contributed by atoms with van der Waals surface area (Å²) in [5.74, 6) is -1.09. The first kappa shape index (κ1) is 32.5. The normalized spacial score (nSPS) is 11.3. The molecule has 10 heteroatoms. The lowest BCUT2D eigenvalue weighted by atomic mass is 10.00. The second-order valence-electron chi connectivity index (χ2n) is 9.15. The molecule has 1 rings (SSSR count). The van der Waals surface area contributed by atoms with E-state index in [0.717, 1.165) is 12.8 Å². The summed E-state index contributed by atoms with van der Waals surface area (Å²) in [6.45, 7) is 5.79. The number of rotatable bonds is 19. The molecule has 0 radical (unpaired) electrons. The van der Waals surface area contributed by atoms with Gasteiger partial charge in [-0.3, -0.25) is 28.8 Å². The first-order chi connectivity index (χ1) is 18.2. The van der Waals surface area contributed by atoms with E-state index in [9.17, 15) is 28.8 Å². The lowest BCUT2D eigenvalue weighted by molar-refractivity contribution is -0.123. The Morgan fingerprint density at radius 2 is 1.58 bits per heavy atom. The van der Waals surface area contributed by atoms with Gasteiger partial charge in [0.25, 0.3) is 11.8 Å². The molecular formula is C28H41N3O7. The van der Waals surface area contributed by atoms with Crippen molar-refractivity contribution in [1.29, 1.82) is 0 Å². The van der Waals surface area contributed by atoms with Gasteiger partial charge in [-0.05, 0) is 51.2 Å². The number of nitrogens with zero attached hydrogens (tertiary/aromatic N) is 1. The molecule has 0 aliphatic rings. The van der Waals surface area contributed by atoms with Crippen molar-refractivity contribution in [1.82, 2.24) is 15.5 Å². The first-order valence-corrected chi connectivity index (χ1v) is 13.2. The number of carbonyl (C=O) groups excluding carboxylic acids is 6. The number of amides is 3. The van der Waals surface area contributed by atoms with E-state index in [4.69, 9.17) is 4.74 Å². The van der Waals surface area contributed by atoms with Crippen LogP contribution in [-0.2, 0) is 19.2 Å². The standard InChI is InChI=1S/C28H41N3O7/c1-5-10-21(34)14-15-24(20(3)33)31(4)28(37)22-12-9-13-25(23(22)18-32)38-19-27(36)30-17-8-7-16-29-26(35)11-6-2/h9,12-13,18,24H,5-8,10-11,14-17,19H2,1-4H3,(H,29,35)(H,30,36). The molecule has 210 valence electrons. The summed E-state index contributed by atoms with van der Waals surface area (Å²) < 4.78 is 5.53. The fourth-order valence-electron chi connectivity index (χ4n) is 3.90. The second-order valence-corrected chi connectivity index (χ2v) is 9.15. The molecule has 0 aliphatic carbocycles. The minimum atomic E-state index is -0.807. The van der Waals surface area contributed by atoms with Gasteiger partial charge in [0.1, 0.15) is 11.5 Å². The van der Waals surface area contributed by atoms with Gasteiger partial charge in [-0.25, -0.2) is 0 Å². The number of ether oxygens (including phenoxy) is 1. The molecule has 0 aromatic heterocycles. The molecule has 38 heavy (non-hydrogen) atoms. The van der Waals surface area contributed by atoms with E-state index in [1.165, 1.54) is 37.1 Å². The van der Waals surface area contributed by atoms with Crippen LogP contribution in [0.4, 0.5) is 0 Å². The number of hydrogen-bond donors (Lipinski definition) is 2. The Hall–Kier alpha value is -3.56. The molecule has 10 nitrogen and oxygen atoms in total. The van der Waals surface area contributed by atoms with E-state index in [0.29, 0.717) is 45.1 Å². The molecule has 1 aromatic rings. The van der Waals surface area contributed by atoms with Crippen LogP contribution in [0.1, 0.15) is 92.9 Å². The Balaban J connectivity index is 2.71. The molecule has 1 unspecified atom stereocenters. The third kappa shape index (κ3) is 11.2. The summed E-state index contributed by atoms with van der Waals surface area (Å²) in [7, 11) is 1.46. The Labute approximate surface area is 224 Å². The van der Waals surface area contributed by atoms with Crippen LogP contribution in [0.2, 0.25) is 0 Å². The van der Waals surface area contributed by atoms with Crippen LogP contribution in [0, 0.1) is 0 Å². The lowest BCUT2D eigenvalue weighted by Crippen LogP contribution is -2.42. The van der Waals surface area contributed by atoms with Crippen LogP contribution in [0.3, 0.4) is 0 Å². The molecule has 2 N–H and O–H groups in total. The maximum Gasteiger partial charge on any atom is 0.257 e. The largest absolute Gasteiger partial charge is 0.483 e. The highest BCUT2D eigenvalue weighted by Crippen LogP contribution is 2.23. The quantitative estimate of drug-likeness (QED) is 0.207. The summed E-state index contributed by atoms with van der Waals surface area (Å²) in [6.07, 6.45) is 4.68. The molecule has 0 aliphatic heterocycles. The number of carbonyl (C=O) groups is 6. The number of benzene rings is 1. The van der Waals surface area contributed by atoms with Crippen molar-refractivity contribution in [2.45, 2.75) is 78.2 Å². The van der Waals surface area contributed by atoms with Crippen LogP contribution in [0.25, 0.3) is 0 Å². The first-order valence-electron chi connectivity index (χ1n) is 13.2. The summed E-state index contributed by atoms with van der Waals surface area (Å²) in [4.78, 5) is 74.1. The highest BCUT2D eigenvalue weighted by atomic mass is 16.5. The smallest absolute Gasteiger partial charge is 0.257 e. The fraction of sp³-hybridized carbons (Fsp3) is 0.571. The lowest BCUT2D eigenvalue weighted by Gasteiger charge is -2.27. The highest BCUT2D eigenvalue weighted by molar-refractivity contribution is 6.04. The number of unbranched alkanes of at least 4 members (excludes halogenated alkanes) is 1. The predicted molar refractivity (Wildman–Crippen MR) is 143 cm³/mol. The Morgan fingerprint density at radius 1 is 0.947 bits per heavy atom. The van der Waals surface area contributed by atoms with Crippen molar-refractivity contribution in [2.75, 3.05) is 26.7 Å². The van der Waals surface area contributed by atoms with Crippen LogP contribution in [-0.4, -0.2) is 73.3 Å². The molecule has 1 atom stereocenters. The molecular weight excluding hydrogens is 490 g/mol. The van der Waals surface area contributed by atoms with Crippen molar-refractivity contribution in [2.24, 2.45) is 0 Å². The van der Waals surface area contributed by atoms with Gasteiger partial charge in [-0.15, -0.1) is 0 Å². The van der Waals surface area contributed by atoms with Crippen LogP contribution < -0.4 is 15.4 Å². The average Bonchev–Trinajstić information content (AvgIpc) is 2.88. The van der Waals surface area contributed by atoms with E-state index in [1.807, 2.05) is 13.8 Å². The van der Waals surface area contributed by atoms with Gasteiger partial charge in [0.2, 0.25) is 5.91 Å². The SMILES string of the molecule is CCCC(=O)CCC(C(C)=O)N(C)C(=O)c1cccc(OCC(=O)NCCCCNC(=O)CCC)c1C=O. The zero-order valence-electron chi connectivity index (χ0n) is 23.0. The monoisotopic (exact) mass is 531 g/mol. The zero-order valence-corrected chi connectivity index (χ0v) is 23.0. The van der Waals surface area contributed by atoms with Crippen LogP contribution >= 0.6 is 0 Å². The second kappa shape index (κ2) is 17.8. The molecule has 0 saturated heterocycles. The van der Waals surface area contributed by atoms with E-state index in [-0.39, 0.29) is 59.7 Å². The number of nitrogens with one attached hydrogen (secondary N) is 2. The molecule has 0 saturated carbocycles. The number of hydrogen-bond acceptors (Lipinski definition) is 7. The van der Waals surface area contributed by atoms with Crippen molar-refractivity contribution in [3.8, 4) is 5.75 Å². The highest BCUT2D eigenvalue weighted by Gasteiger charge is 2.27. The minimum absolute atomic E-state index is 0.0155. The van der Waals surface area contributed by atoms with Gasteiger partial charge in [0, 0.05) is 39.4 Å². The van der Waals surface area contributed by atoms with Crippen LogP contribution in [0.15, 0.2) is 18.2 Å². The molecule has 0 bridgehead atoms. The Kier molecular flexibility index (Phi) is 15.2. The Bertz CT molecular complexity index is 977. The fourth-order valence-corrected chi connectivity index (χ4v) is 3.90. The summed E-state index contributed by atoms with van der Waals surface area (Å²) in [6, 6.07) is 3.66. The third-order valence-electron chi connectivity index (χ3n) is 5.98. The Morgan fingerprint density at radius 3 is 2.16 bits per heavy atom. The summed E-state index contributed by atoms with van der Waals surface area (Å²) >= 11 is 0. The zero-order chi connectivity index (χ0) is 28.5. The van der Waals surface area contributed by atoms with Gasteiger partial charge < -0.3 is 20.3 Å². The van der Waals surface area contributed by atoms with E-state index >= 15 is 0 Å². The van der Waals surface area contributed by atoms with Gasteiger partial charge in [-0.1, -0.05) is 19.9 Å². The van der Waals surface area contributed by atoms with Crippen molar-refractivity contribution in [3.05, 3.63) is 29.3 Å². The molecule has 3 amide bonds. The molecule has 1 aromatic carbocycles. The van der Waals surface area contributed by atoms with E-state index < -0.39 is 11.9 Å². The molecule has 0 fully saturated rings. The molecule has 0 heterocycles. The van der Waals surface area contributed by atoms with Gasteiger partial charge >= 0.3 is 0 Å². The molecule has 0 spiro atoms. The maximum atomic E-state index is 13.2. The minimum Gasteiger partial charge on any atom is -0.483 e. The van der Waals surface area contributed by atoms with E-state index in [2.05, 4.69) is 10.6 Å². The summed E-state index contributed by atoms with van der Waals surface area (Å²) in [5, 5.41) is 5.52.